The Morgan fingerprint density at radius 2 is 1.96 bits per heavy atom. The lowest BCUT2D eigenvalue weighted by molar-refractivity contribution is 0.0949. The van der Waals surface area contributed by atoms with E-state index in [4.69, 9.17) is 0 Å². The lowest BCUT2D eigenvalue weighted by Crippen LogP contribution is -2.35. The molecule has 134 valence electrons. The summed E-state index contributed by atoms with van der Waals surface area (Å²) >= 11 is 0. The third kappa shape index (κ3) is 2.94. The van der Waals surface area contributed by atoms with Gasteiger partial charge in [-0.05, 0) is 55.8 Å². The number of hydrogen-bond acceptors (Lipinski definition) is 2. The van der Waals surface area contributed by atoms with Crippen molar-refractivity contribution in [2.45, 2.75) is 39.3 Å². The first-order chi connectivity index (χ1) is 12.6. The molecule has 1 fully saturated rings. The molecule has 1 aromatic carbocycles. The maximum atomic E-state index is 12.6. The fourth-order valence-electron chi connectivity index (χ4n) is 3.57. The Kier molecular flexibility index (Phi) is 4.15. The summed E-state index contributed by atoms with van der Waals surface area (Å²) in [5.41, 5.74) is 3.15. The summed E-state index contributed by atoms with van der Waals surface area (Å²) < 4.78 is 3.89. The van der Waals surface area contributed by atoms with Gasteiger partial charge in [0.25, 0.3) is 11.5 Å². The van der Waals surface area contributed by atoms with Gasteiger partial charge in [-0.2, -0.15) is 0 Å². The molecule has 26 heavy (non-hydrogen) atoms. The van der Waals surface area contributed by atoms with Gasteiger partial charge in [-0.3, -0.25) is 9.59 Å². The topological polar surface area (TPSA) is 56.0 Å². The maximum Gasteiger partial charge on any atom is 0.263 e. The van der Waals surface area contributed by atoms with Gasteiger partial charge in [0.2, 0.25) is 0 Å². The van der Waals surface area contributed by atoms with Crippen LogP contribution in [0.25, 0.3) is 10.9 Å². The van der Waals surface area contributed by atoms with E-state index in [1.807, 2.05) is 25.1 Å². The molecule has 0 saturated heterocycles. The zero-order chi connectivity index (χ0) is 18.3. The van der Waals surface area contributed by atoms with E-state index in [-0.39, 0.29) is 23.1 Å². The molecule has 1 aliphatic carbocycles. The van der Waals surface area contributed by atoms with Crippen LogP contribution in [0.15, 0.2) is 47.4 Å². The summed E-state index contributed by atoms with van der Waals surface area (Å²) in [6.07, 6.45) is 3.84. The average Bonchev–Trinajstić information content (AvgIpc) is 3.39. The third-order valence-corrected chi connectivity index (χ3v) is 5.13. The molecule has 0 radical (unpaired) electrons. The SMILES string of the molecule is Cc1ccn(C2CC2)c(=O)c1C(=O)NCCn1c(C)cc2ccccc21. The summed E-state index contributed by atoms with van der Waals surface area (Å²) in [4.78, 5) is 25.3. The van der Waals surface area contributed by atoms with E-state index >= 15 is 0 Å². The monoisotopic (exact) mass is 349 g/mol. The van der Waals surface area contributed by atoms with Crippen molar-refractivity contribution in [3.63, 3.8) is 0 Å². The maximum absolute atomic E-state index is 12.6. The molecule has 4 rings (SSSR count). The van der Waals surface area contributed by atoms with Crippen molar-refractivity contribution >= 4 is 16.8 Å². The minimum absolute atomic E-state index is 0.174. The fourth-order valence-corrected chi connectivity index (χ4v) is 3.57. The summed E-state index contributed by atoms with van der Waals surface area (Å²) in [7, 11) is 0. The average molecular weight is 349 g/mol. The molecule has 2 aromatic heterocycles. The lowest BCUT2D eigenvalue weighted by Gasteiger charge is -2.12. The number of rotatable bonds is 5. The van der Waals surface area contributed by atoms with Crippen LogP contribution in [-0.4, -0.2) is 21.6 Å². The molecule has 1 aliphatic rings. The van der Waals surface area contributed by atoms with Crippen molar-refractivity contribution in [1.82, 2.24) is 14.5 Å². The minimum atomic E-state index is -0.281. The highest BCUT2D eigenvalue weighted by molar-refractivity contribution is 5.95. The number of aromatic nitrogens is 2. The number of para-hydroxylation sites is 1. The number of nitrogens with zero attached hydrogens (tertiary/aromatic N) is 2. The van der Waals surface area contributed by atoms with E-state index in [0.717, 1.165) is 29.6 Å². The summed E-state index contributed by atoms with van der Waals surface area (Å²) in [5, 5.41) is 4.12. The lowest BCUT2D eigenvalue weighted by atomic mass is 10.1. The molecule has 5 nitrogen and oxygen atoms in total. The standard InChI is InChI=1S/C21H23N3O2/c1-14-9-11-24(17-7-8-17)21(26)19(14)20(25)22-10-12-23-15(2)13-16-5-3-4-6-18(16)23/h3-6,9,11,13,17H,7-8,10,12H2,1-2H3,(H,22,25). The largest absolute Gasteiger partial charge is 0.350 e. The van der Waals surface area contributed by atoms with Gasteiger partial charge in [-0.15, -0.1) is 0 Å². The quantitative estimate of drug-likeness (QED) is 0.769. The first-order valence-electron chi connectivity index (χ1n) is 9.11. The normalized spacial score (nSPS) is 13.9. The number of amides is 1. The zero-order valence-corrected chi connectivity index (χ0v) is 15.2. The highest BCUT2D eigenvalue weighted by atomic mass is 16.2. The van der Waals surface area contributed by atoms with Gasteiger partial charge in [0, 0.05) is 36.5 Å². The number of hydrogen-bond donors (Lipinski definition) is 1. The van der Waals surface area contributed by atoms with Gasteiger partial charge in [0.05, 0.1) is 0 Å². The van der Waals surface area contributed by atoms with Gasteiger partial charge in [-0.1, -0.05) is 18.2 Å². The number of fused-ring (bicyclic) bond motifs is 1. The van der Waals surface area contributed by atoms with Crippen LogP contribution in [0.2, 0.25) is 0 Å². The number of carbonyl (C=O) groups excluding carboxylic acids is 1. The van der Waals surface area contributed by atoms with Crippen LogP contribution in [0.5, 0.6) is 0 Å². The van der Waals surface area contributed by atoms with Crippen molar-refractivity contribution in [3.05, 3.63) is 69.8 Å². The molecular weight excluding hydrogens is 326 g/mol. The van der Waals surface area contributed by atoms with E-state index in [0.29, 0.717) is 13.1 Å². The molecule has 2 heterocycles. The molecule has 0 bridgehead atoms. The Bertz CT molecular complexity index is 1040. The Morgan fingerprint density at radius 1 is 1.19 bits per heavy atom. The molecule has 0 unspecified atom stereocenters. The van der Waals surface area contributed by atoms with Crippen LogP contribution < -0.4 is 10.9 Å². The summed E-state index contributed by atoms with van der Waals surface area (Å²) in [5.74, 6) is -0.281. The number of aryl methyl sites for hydroxylation is 2. The number of benzene rings is 1. The van der Waals surface area contributed by atoms with Crippen molar-refractivity contribution < 1.29 is 4.79 Å². The molecule has 0 atom stereocenters. The Morgan fingerprint density at radius 3 is 2.73 bits per heavy atom. The predicted octanol–water partition coefficient (Wildman–Crippen LogP) is 3.18. The van der Waals surface area contributed by atoms with E-state index in [9.17, 15) is 9.59 Å². The minimum Gasteiger partial charge on any atom is -0.350 e. The highest BCUT2D eigenvalue weighted by Crippen LogP contribution is 2.33. The van der Waals surface area contributed by atoms with Gasteiger partial charge in [0.15, 0.2) is 0 Å². The van der Waals surface area contributed by atoms with Gasteiger partial charge >= 0.3 is 0 Å². The van der Waals surface area contributed by atoms with Crippen LogP contribution in [0.1, 0.15) is 40.5 Å². The second kappa shape index (κ2) is 6.48. The number of nitrogens with one attached hydrogen (secondary N) is 1. The fraction of sp³-hybridized carbons (Fsp3) is 0.333. The van der Waals surface area contributed by atoms with Crippen molar-refractivity contribution in [2.24, 2.45) is 0 Å². The van der Waals surface area contributed by atoms with Gasteiger partial charge in [-0.25, -0.2) is 0 Å². The predicted molar refractivity (Wildman–Crippen MR) is 103 cm³/mol. The second-order valence-electron chi connectivity index (χ2n) is 7.07. The van der Waals surface area contributed by atoms with Gasteiger partial charge < -0.3 is 14.5 Å². The molecule has 1 saturated carbocycles. The smallest absolute Gasteiger partial charge is 0.263 e. The number of pyridine rings is 1. The van der Waals surface area contributed by atoms with E-state index in [1.165, 1.54) is 5.39 Å². The van der Waals surface area contributed by atoms with Crippen LogP contribution in [0.3, 0.4) is 0 Å². The van der Waals surface area contributed by atoms with Crippen LogP contribution >= 0.6 is 0 Å². The van der Waals surface area contributed by atoms with E-state index in [2.05, 4.69) is 35.0 Å². The van der Waals surface area contributed by atoms with Gasteiger partial charge in [0.1, 0.15) is 5.56 Å². The highest BCUT2D eigenvalue weighted by Gasteiger charge is 2.26. The second-order valence-corrected chi connectivity index (χ2v) is 7.07. The molecule has 3 aromatic rings. The molecule has 1 N–H and O–H groups in total. The first kappa shape index (κ1) is 16.6. The summed E-state index contributed by atoms with van der Waals surface area (Å²) in [6.45, 7) is 5.04. The zero-order valence-electron chi connectivity index (χ0n) is 15.2. The van der Waals surface area contributed by atoms with Crippen LogP contribution in [0, 0.1) is 13.8 Å². The Labute approximate surface area is 152 Å². The summed E-state index contributed by atoms with van der Waals surface area (Å²) in [6, 6.07) is 12.5. The first-order valence-corrected chi connectivity index (χ1v) is 9.11. The van der Waals surface area contributed by atoms with Crippen molar-refractivity contribution in [1.29, 1.82) is 0 Å². The molecule has 5 heteroatoms. The van der Waals surface area contributed by atoms with Crippen LogP contribution in [-0.2, 0) is 6.54 Å². The Hall–Kier alpha value is -2.82. The van der Waals surface area contributed by atoms with E-state index < -0.39 is 0 Å². The third-order valence-electron chi connectivity index (χ3n) is 5.13. The number of carbonyl (C=O) groups is 1. The molecular formula is C21H23N3O2. The Balaban J connectivity index is 1.50. The molecule has 1 amide bonds. The van der Waals surface area contributed by atoms with Crippen LogP contribution in [0.4, 0.5) is 0 Å². The van der Waals surface area contributed by atoms with Crippen molar-refractivity contribution in [2.75, 3.05) is 6.54 Å². The molecule has 0 spiro atoms. The van der Waals surface area contributed by atoms with E-state index in [1.54, 1.807) is 10.8 Å². The molecule has 0 aliphatic heterocycles. The van der Waals surface area contributed by atoms with Crippen molar-refractivity contribution in [3.8, 4) is 0 Å².